The molecule has 15 heavy (non-hydrogen) atoms. The molecule has 4 nitrogen and oxygen atoms in total. The molecular weight excluding hydrogens is 190 g/mol. The molecule has 1 aromatic rings. The van der Waals surface area contributed by atoms with E-state index in [4.69, 9.17) is 4.52 Å². The van der Waals surface area contributed by atoms with Crippen molar-refractivity contribution < 1.29 is 4.52 Å². The van der Waals surface area contributed by atoms with Gasteiger partial charge in [0.25, 0.3) is 0 Å². The summed E-state index contributed by atoms with van der Waals surface area (Å²) in [5.74, 6) is 1.44. The van der Waals surface area contributed by atoms with Crippen molar-refractivity contribution >= 4 is 0 Å². The van der Waals surface area contributed by atoms with Crippen LogP contribution in [0.2, 0.25) is 0 Å². The Balaban J connectivity index is 1.91. The summed E-state index contributed by atoms with van der Waals surface area (Å²) in [6, 6.07) is 2.08. The molecule has 1 saturated heterocycles. The fraction of sp³-hybridized carbons (Fsp3) is 0.727. The van der Waals surface area contributed by atoms with Crippen molar-refractivity contribution in [2.75, 3.05) is 26.2 Å². The third kappa shape index (κ3) is 2.79. The summed E-state index contributed by atoms with van der Waals surface area (Å²) in [6.07, 6.45) is 0. The van der Waals surface area contributed by atoms with E-state index in [0.29, 0.717) is 5.92 Å². The first-order valence-electron chi connectivity index (χ1n) is 5.64. The van der Waals surface area contributed by atoms with Crippen LogP contribution in [0, 0.1) is 0 Å². The lowest BCUT2D eigenvalue weighted by Crippen LogP contribution is -2.42. The summed E-state index contributed by atoms with van der Waals surface area (Å²) in [5, 5.41) is 7.40. The second kappa shape index (κ2) is 4.77. The molecule has 1 N–H and O–H groups in total. The SMILES string of the molecule is CC(C)c1cc(CN2CCNCC2)on1. The van der Waals surface area contributed by atoms with Gasteiger partial charge in [-0.15, -0.1) is 0 Å². The summed E-state index contributed by atoms with van der Waals surface area (Å²) in [5.41, 5.74) is 1.06. The van der Waals surface area contributed by atoms with Crippen LogP contribution in [0.3, 0.4) is 0 Å². The van der Waals surface area contributed by atoms with Crippen LogP contribution >= 0.6 is 0 Å². The average Bonchev–Trinajstić information content (AvgIpc) is 2.68. The molecule has 0 saturated carbocycles. The van der Waals surface area contributed by atoms with Crippen molar-refractivity contribution in [2.45, 2.75) is 26.3 Å². The van der Waals surface area contributed by atoms with Gasteiger partial charge < -0.3 is 9.84 Å². The second-order valence-electron chi connectivity index (χ2n) is 4.40. The zero-order valence-corrected chi connectivity index (χ0v) is 9.49. The molecule has 0 bridgehead atoms. The van der Waals surface area contributed by atoms with Crippen LogP contribution < -0.4 is 5.32 Å². The molecule has 1 aliphatic heterocycles. The number of nitrogens with one attached hydrogen (secondary N) is 1. The predicted molar refractivity (Wildman–Crippen MR) is 58.7 cm³/mol. The third-order valence-electron chi connectivity index (χ3n) is 2.76. The molecule has 0 spiro atoms. The zero-order valence-electron chi connectivity index (χ0n) is 9.49. The van der Waals surface area contributed by atoms with Crippen LogP contribution in [0.15, 0.2) is 10.6 Å². The quantitative estimate of drug-likeness (QED) is 0.812. The van der Waals surface area contributed by atoms with Crippen molar-refractivity contribution in [1.29, 1.82) is 0 Å². The Morgan fingerprint density at radius 3 is 2.80 bits per heavy atom. The van der Waals surface area contributed by atoms with Crippen molar-refractivity contribution in [3.05, 3.63) is 17.5 Å². The normalized spacial score (nSPS) is 18.6. The number of hydrogen-bond donors (Lipinski definition) is 1. The molecule has 2 rings (SSSR count). The topological polar surface area (TPSA) is 41.3 Å². The summed E-state index contributed by atoms with van der Waals surface area (Å²) >= 11 is 0. The van der Waals surface area contributed by atoms with Gasteiger partial charge in [0.2, 0.25) is 0 Å². The maximum atomic E-state index is 5.32. The number of aromatic nitrogens is 1. The van der Waals surface area contributed by atoms with Crippen LogP contribution in [0.4, 0.5) is 0 Å². The molecule has 1 fully saturated rings. The van der Waals surface area contributed by atoms with E-state index in [1.807, 2.05) is 0 Å². The molecule has 84 valence electrons. The Hall–Kier alpha value is -0.870. The monoisotopic (exact) mass is 209 g/mol. The van der Waals surface area contributed by atoms with Gasteiger partial charge >= 0.3 is 0 Å². The highest BCUT2D eigenvalue weighted by molar-refractivity contribution is 5.08. The lowest BCUT2D eigenvalue weighted by molar-refractivity contribution is 0.207. The molecule has 0 atom stereocenters. The van der Waals surface area contributed by atoms with Crippen LogP contribution in [-0.4, -0.2) is 36.2 Å². The first-order valence-corrected chi connectivity index (χ1v) is 5.64. The van der Waals surface area contributed by atoms with Crippen LogP contribution in [-0.2, 0) is 6.54 Å². The summed E-state index contributed by atoms with van der Waals surface area (Å²) in [4.78, 5) is 2.39. The Kier molecular flexibility index (Phi) is 3.38. The minimum atomic E-state index is 0.450. The van der Waals surface area contributed by atoms with Gasteiger partial charge in [-0.1, -0.05) is 19.0 Å². The molecule has 0 amide bonds. The van der Waals surface area contributed by atoms with Crippen molar-refractivity contribution in [2.24, 2.45) is 0 Å². The Labute approximate surface area is 90.6 Å². The maximum absolute atomic E-state index is 5.32. The molecule has 1 aliphatic rings. The van der Waals surface area contributed by atoms with E-state index >= 15 is 0 Å². The molecule has 0 radical (unpaired) electrons. The molecule has 0 unspecified atom stereocenters. The minimum absolute atomic E-state index is 0.450. The average molecular weight is 209 g/mol. The van der Waals surface area contributed by atoms with Gasteiger partial charge in [0, 0.05) is 32.2 Å². The fourth-order valence-electron chi connectivity index (χ4n) is 1.77. The predicted octanol–water partition coefficient (Wildman–Crippen LogP) is 1.20. The molecule has 0 aliphatic carbocycles. The van der Waals surface area contributed by atoms with E-state index in [1.54, 1.807) is 0 Å². The van der Waals surface area contributed by atoms with Crippen LogP contribution in [0.25, 0.3) is 0 Å². The highest BCUT2D eigenvalue weighted by Gasteiger charge is 2.13. The van der Waals surface area contributed by atoms with Crippen LogP contribution in [0.5, 0.6) is 0 Å². The molecule has 2 heterocycles. The Morgan fingerprint density at radius 2 is 2.20 bits per heavy atom. The highest BCUT2D eigenvalue weighted by Crippen LogP contribution is 2.15. The number of nitrogens with zero attached hydrogens (tertiary/aromatic N) is 2. The van der Waals surface area contributed by atoms with E-state index in [1.165, 1.54) is 0 Å². The van der Waals surface area contributed by atoms with E-state index < -0.39 is 0 Å². The second-order valence-corrected chi connectivity index (χ2v) is 4.40. The van der Waals surface area contributed by atoms with Gasteiger partial charge in [0.05, 0.1) is 12.2 Å². The number of hydrogen-bond acceptors (Lipinski definition) is 4. The Morgan fingerprint density at radius 1 is 1.47 bits per heavy atom. The van der Waals surface area contributed by atoms with Gasteiger partial charge in [-0.2, -0.15) is 0 Å². The first kappa shape index (κ1) is 10.6. The molecular formula is C11H19N3O. The molecule has 1 aromatic heterocycles. The Bertz CT molecular complexity index is 303. The van der Waals surface area contributed by atoms with E-state index in [-0.39, 0.29) is 0 Å². The molecule has 4 heteroatoms. The summed E-state index contributed by atoms with van der Waals surface area (Å²) in [6.45, 7) is 9.49. The van der Waals surface area contributed by atoms with E-state index in [2.05, 4.69) is 35.3 Å². The smallest absolute Gasteiger partial charge is 0.150 e. The van der Waals surface area contributed by atoms with E-state index in [0.717, 1.165) is 44.2 Å². The van der Waals surface area contributed by atoms with Gasteiger partial charge in [-0.05, 0) is 5.92 Å². The van der Waals surface area contributed by atoms with Gasteiger partial charge in [0.1, 0.15) is 0 Å². The largest absolute Gasteiger partial charge is 0.360 e. The fourth-order valence-corrected chi connectivity index (χ4v) is 1.77. The van der Waals surface area contributed by atoms with E-state index in [9.17, 15) is 0 Å². The lowest BCUT2D eigenvalue weighted by Gasteiger charge is -2.25. The van der Waals surface area contributed by atoms with Gasteiger partial charge in [-0.25, -0.2) is 0 Å². The first-order chi connectivity index (χ1) is 7.25. The number of piperazine rings is 1. The van der Waals surface area contributed by atoms with Gasteiger partial charge in [0.15, 0.2) is 5.76 Å². The third-order valence-corrected chi connectivity index (χ3v) is 2.76. The van der Waals surface area contributed by atoms with Gasteiger partial charge in [-0.3, -0.25) is 4.90 Å². The van der Waals surface area contributed by atoms with Crippen LogP contribution in [0.1, 0.15) is 31.2 Å². The minimum Gasteiger partial charge on any atom is -0.360 e. The van der Waals surface area contributed by atoms with Crippen molar-refractivity contribution in [3.8, 4) is 0 Å². The number of rotatable bonds is 3. The lowest BCUT2D eigenvalue weighted by atomic mass is 10.1. The summed E-state index contributed by atoms with van der Waals surface area (Å²) < 4.78 is 5.32. The molecule has 0 aromatic carbocycles. The van der Waals surface area contributed by atoms with Crippen molar-refractivity contribution in [3.63, 3.8) is 0 Å². The maximum Gasteiger partial charge on any atom is 0.150 e. The zero-order chi connectivity index (χ0) is 10.7. The van der Waals surface area contributed by atoms with Crippen molar-refractivity contribution in [1.82, 2.24) is 15.4 Å². The summed E-state index contributed by atoms with van der Waals surface area (Å²) in [7, 11) is 0. The standard InChI is InChI=1S/C11H19N3O/c1-9(2)11-7-10(15-13-11)8-14-5-3-12-4-6-14/h7,9,12H,3-6,8H2,1-2H3. The highest BCUT2D eigenvalue weighted by atomic mass is 16.5.